The molecule has 0 spiro atoms. The molecule has 0 aliphatic rings. The van der Waals surface area contributed by atoms with E-state index < -0.39 is 10.0 Å². The van der Waals surface area contributed by atoms with Gasteiger partial charge in [0.15, 0.2) is 0 Å². The van der Waals surface area contributed by atoms with Crippen LogP contribution in [0.1, 0.15) is 10.4 Å². The topological polar surface area (TPSA) is 86.3 Å². The van der Waals surface area contributed by atoms with Gasteiger partial charge in [-0.2, -0.15) is 9.40 Å². The van der Waals surface area contributed by atoms with Crippen molar-refractivity contribution in [3.8, 4) is 11.8 Å². The number of thiophene rings is 1. The smallest absolute Gasteiger partial charge is 0.246 e. The van der Waals surface area contributed by atoms with E-state index in [1.54, 1.807) is 0 Å². The van der Waals surface area contributed by atoms with Gasteiger partial charge in [0.25, 0.3) is 0 Å². The zero-order chi connectivity index (χ0) is 14.6. The van der Waals surface area contributed by atoms with E-state index >= 15 is 0 Å². The van der Waals surface area contributed by atoms with E-state index in [0.717, 1.165) is 10.4 Å². The van der Waals surface area contributed by atoms with Gasteiger partial charge in [0.1, 0.15) is 11.5 Å². The first-order chi connectivity index (χ1) is 9.54. The average Bonchev–Trinajstić information content (AvgIpc) is 3.07. The van der Waals surface area contributed by atoms with Crippen LogP contribution < -0.4 is 0 Å². The summed E-state index contributed by atoms with van der Waals surface area (Å²) in [4.78, 5) is 1.01. The van der Waals surface area contributed by atoms with Crippen LogP contribution in [-0.4, -0.2) is 41.7 Å². The lowest BCUT2D eigenvalue weighted by molar-refractivity contribution is 0.350. The first-order valence-electron chi connectivity index (χ1n) is 5.66. The predicted octanol–water partition coefficient (Wildman–Crippen LogP) is 0.636. The third-order valence-corrected chi connectivity index (χ3v) is 5.22. The summed E-state index contributed by atoms with van der Waals surface area (Å²) in [5.41, 5.74) is 0.771. The van der Waals surface area contributed by atoms with Crippen LogP contribution in [0.25, 0.3) is 0 Å². The zero-order valence-electron chi connectivity index (χ0n) is 10.7. The monoisotopic (exact) mass is 311 g/mol. The maximum absolute atomic E-state index is 12.2. The van der Waals surface area contributed by atoms with Crippen molar-refractivity contribution in [3.63, 3.8) is 0 Å². The van der Waals surface area contributed by atoms with E-state index in [1.165, 1.54) is 35.1 Å². The first-order valence-corrected chi connectivity index (χ1v) is 7.98. The molecule has 6 nitrogen and oxygen atoms in total. The fourth-order valence-electron chi connectivity index (χ4n) is 1.54. The molecule has 2 rings (SSSR count). The minimum Gasteiger partial charge on any atom is -0.384 e. The highest BCUT2D eigenvalue weighted by Crippen LogP contribution is 2.19. The Bertz CT molecular complexity index is 724. The summed E-state index contributed by atoms with van der Waals surface area (Å²) < 4.78 is 25.6. The molecular weight excluding hydrogens is 298 g/mol. The van der Waals surface area contributed by atoms with Gasteiger partial charge in [0.05, 0.1) is 6.20 Å². The van der Waals surface area contributed by atoms with Gasteiger partial charge in [-0.15, -0.1) is 11.3 Å². The number of nitrogens with zero attached hydrogens (tertiary/aromatic N) is 2. The van der Waals surface area contributed by atoms with Crippen molar-refractivity contribution in [2.45, 2.75) is 11.4 Å². The number of nitrogens with one attached hydrogen (secondary N) is 1. The van der Waals surface area contributed by atoms with Crippen molar-refractivity contribution in [2.24, 2.45) is 0 Å². The Morgan fingerprint density at radius 3 is 3.00 bits per heavy atom. The van der Waals surface area contributed by atoms with Gasteiger partial charge in [-0.05, 0) is 6.07 Å². The van der Waals surface area contributed by atoms with Crippen LogP contribution in [0.5, 0.6) is 0 Å². The van der Waals surface area contributed by atoms with Crippen LogP contribution >= 0.6 is 11.3 Å². The molecule has 0 fully saturated rings. The molecule has 0 saturated heterocycles. The second-order valence-electron chi connectivity index (χ2n) is 3.96. The Kier molecular flexibility index (Phi) is 4.57. The first kappa shape index (κ1) is 14.7. The molecule has 2 N–H and O–H groups in total. The summed E-state index contributed by atoms with van der Waals surface area (Å²) in [5, 5.41) is 16.6. The molecule has 0 unspecified atom stereocenters. The second kappa shape index (κ2) is 6.19. The molecular formula is C12H13N3O3S2. The lowest BCUT2D eigenvalue weighted by Gasteiger charge is -2.14. The summed E-state index contributed by atoms with van der Waals surface area (Å²) in [6.07, 6.45) is 2.62. The number of rotatable bonds is 4. The molecule has 0 aliphatic carbocycles. The molecule has 0 saturated carbocycles. The number of hydrogen-bond donors (Lipinski definition) is 2. The SMILES string of the molecule is CN(Cc1cc(C#CCO)cs1)S(=O)(=O)c1cn[nH]c1. The highest BCUT2D eigenvalue weighted by molar-refractivity contribution is 7.89. The molecule has 0 aromatic carbocycles. The van der Waals surface area contributed by atoms with Crippen LogP contribution in [0.15, 0.2) is 28.7 Å². The summed E-state index contributed by atoms with van der Waals surface area (Å²) in [5.74, 6) is 5.33. The van der Waals surface area contributed by atoms with Crippen LogP contribution in [-0.2, 0) is 16.6 Å². The van der Waals surface area contributed by atoms with Crippen LogP contribution in [0.2, 0.25) is 0 Å². The van der Waals surface area contributed by atoms with E-state index in [0.29, 0.717) is 0 Å². The maximum atomic E-state index is 12.2. The molecule has 0 aliphatic heterocycles. The number of hydrogen-bond acceptors (Lipinski definition) is 5. The van der Waals surface area contributed by atoms with Crippen molar-refractivity contribution >= 4 is 21.4 Å². The van der Waals surface area contributed by atoms with Gasteiger partial charge in [-0.3, -0.25) is 5.10 Å². The minimum atomic E-state index is -3.53. The standard InChI is InChI=1S/C12H13N3O3S2/c1-15(20(17,18)12-6-13-14-7-12)8-11-5-10(9-19-11)3-2-4-16/h5-7,9,16H,4,8H2,1H3,(H,13,14). The molecule has 20 heavy (non-hydrogen) atoms. The molecule has 0 amide bonds. The van der Waals surface area contributed by atoms with Gasteiger partial charge < -0.3 is 5.11 Å². The number of aliphatic hydroxyl groups is 1. The number of H-pyrrole nitrogens is 1. The van der Waals surface area contributed by atoms with Gasteiger partial charge >= 0.3 is 0 Å². The van der Waals surface area contributed by atoms with Crippen LogP contribution in [0.4, 0.5) is 0 Å². The van der Waals surface area contributed by atoms with Gasteiger partial charge in [-0.25, -0.2) is 8.42 Å². The molecule has 2 heterocycles. The van der Waals surface area contributed by atoms with Crippen molar-refractivity contribution < 1.29 is 13.5 Å². The summed E-state index contributed by atoms with van der Waals surface area (Å²) in [6.45, 7) is 0.0684. The van der Waals surface area contributed by atoms with E-state index in [4.69, 9.17) is 5.11 Å². The quantitative estimate of drug-likeness (QED) is 0.811. The lowest BCUT2D eigenvalue weighted by atomic mass is 10.3. The van der Waals surface area contributed by atoms with Gasteiger partial charge in [0, 0.05) is 35.6 Å². The second-order valence-corrected chi connectivity index (χ2v) is 7.00. The van der Waals surface area contributed by atoms with Crippen LogP contribution in [0, 0.1) is 11.8 Å². The summed E-state index contributed by atoms with van der Waals surface area (Å²) >= 11 is 1.43. The normalized spacial score (nSPS) is 11.3. The molecule has 8 heteroatoms. The zero-order valence-corrected chi connectivity index (χ0v) is 12.3. The van der Waals surface area contributed by atoms with E-state index in [9.17, 15) is 8.42 Å². The number of aromatic nitrogens is 2. The third-order valence-electron chi connectivity index (χ3n) is 2.53. The molecule has 0 bridgehead atoms. The van der Waals surface area contributed by atoms with Crippen molar-refractivity contribution in [3.05, 3.63) is 34.3 Å². The number of aromatic amines is 1. The highest BCUT2D eigenvalue weighted by atomic mass is 32.2. The Hall–Kier alpha value is -1.66. The lowest BCUT2D eigenvalue weighted by Crippen LogP contribution is -2.25. The summed E-state index contributed by atoms with van der Waals surface area (Å²) in [6, 6.07) is 1.81. The molecule has 2 aromatic heterocycles. The minimum absolute atomic E-state index is 0.136. The van der Waals surface area contributed by atoms with Crippen LogP contribution in [0.3, 0.4) is 0 Å². The van der Waals surface area contributed by atoms with Gasteiger partial charge in [-0.1, -0.05) is 11.8 Å². The number of sulfonamides is 1. The Labute approximate surface area is 121 Å². The molecule has 106 valence electrons. The van der Waals surface area contributed by atoms with Crippen molar-refractivity contribution in [1.82, 2.24) is 14.5 Å². The molecule has 0 radical (unpaired) electrons. The van der Waals surface area contributed by atoms with Crippen molar-refractivity contribution in [2.75, 3.05) is 13.7 Å². The Balaban J connectivity index is 2.12. The molecule has 2 aromatic rings. The van der Waals surface area contributed by atoms with E-state index in [1.807, 2.05) is 11.4 Å². The predicted molar refractivity (Wildman–Crippen MR) is 75.5 cm³/mol. The Morgan fingerprint density at radius 1 is 1.55 bits per heavy atom. The van der Waals surface area contributed by atoms with Gasteiger partial charge in [0.2, 0.25) is 10.0 Å². The van der Waals surface area contributed by atoms with E-state index in [2.05, 4.69) is 22.0 Å². The maximum Gasteiger partial charge on any atom is 0.246 e. The Morgan fingerprint density at radius 2 is 2.35 bits per heavy atom. The van der Waals surface area contributed by atoms with Crippen molar-refractivity contribution in [1.29, 1.82) is 0 Å². The largest absolute Gasteiger partial charge is 0.384 e. The fourth-order valence-corrected chi connectivity index (χ4v) is 3.54. The fraction of sp³-hybridized carbons (Fsp3) is 0.250. The number of aliphatic hydroxyl groups excluding tert-OH is 1. The summed E-state index contributed by atoms with van der Waals surface area (Å²) in [7, 11) is -2.02. The third kappa shape index (κ3) is 3.26. The van der Waals surface area contributed by atoms with E-state index in [-0.39, 0.29) is 18.0 Å². The average molecular weight is 311 g/mol. The molecule has 0 atom stereocenters. The highest BCUT2D eigenvalue weighted by Gasteiger charge is 2.22.